The van der Waals surface area contributed by atoms with Crippen LogP contribution in [0.3, 0.4) is 0 Å². The molecule has 1 aliphatic heterocycles. The van der Waals surface area contributed by atoms with Gasteiger partial charge in [-0.1, -0.05) is 45.0 Å². The summed E-state index contributed by atoms with van der Waals surface area (Å²) in [5, 5.41) is 0. The molecule has 2 unspecified atom stereocenters. The highest BCUT2D eigenvalue weighted by molar-refractivity contribution is 5.85. The first-order valence-corrected chi connectivity index (χ1v) is 17.6. The molecule has 5 aromatic rings. The molecule has 0 bridgehead atoms. The summed E-state index contributed by atoms with van der Waals surface area (Å²) in [7, 11) is 1.89. The number of nitrogen functional groups attached to an aromatic ring is 1. The Kier molecular flexibility index (Phi) is 8.69. The van der Waals surface area contributed by atoms with Crippen molar-refractivity contribution in [3.8, 4) is 28.3 Å². The zero-order valence-corrected chi connectivity index (χ0v) is 30.0. The lowest BCUT2D eigenvalue weighted by Crippen LogP contribution is -2.53. The second kappa shape index (κ2) is 13.0. The number of primary amides is 1. The van der Waals surface area contributed by atoms with E-state index < -0.39 is 11.7 Å². The number of carbonyl (C=O) groups is 2. The number of hydrogen-bond acceptors (Lipinski definition) is 8. The molecule has 2 atom stereocenters. The molecule has 51 heavy (non-hydrogen) atoms. The Bertz CT molecular complexity index is 2100. The SMILES string of the molecule is CC(=O)N(C)C1CCN(c2cccc(-c3ccc4nc(-c5cccnc5N)n(-c5ccc(C6(OC(N)=O)CCC6C(C)(C)C)cc5)c4n3)c2)CC1. The van der Waals surface area contributed by atoms with Crippen molar-refractivity contribution in [2.75, 3.05) is 30.8 Å². The van der Waals surface area contributed by atoms with Gasteiger partial charge in [-0.25, -0.2) is 19.7 Å². The average Bonchev–Trinajstić information content (AvgIpc) is 3.48. The number of benzene rings is 2. The molecule has 2 fully saturated rings. The van der Waals surface area contributed by atoms with Crippen LogP contribution in [-0.4, -0.2) is 62.6 Å². The third kappa shape index (κ3) is 6.26. The number of anilines is 2. The van der Waals surface area contributed by atoms with Gasteiger partial charge in [0.2, 0.25) is 5.91 Å². The van der Waals surface area contributed by atoms with Gasteiger partial charge in [0, 0.05) is 62.2 Å². The van der Waals surface area contributed by atoms with E-state index in [4.69, 9.17) is 26.2 Å². The van der Waals surface area contributed by atoms with Gasteiger partial charge in [0.25, 0.3) is 0 Å². The van der Waals surface area contributed by atoms with Crippen molar-refractivity contribution in [2.45, 2.75) is 65.0 Å². The zero-order valence-electron chi connectivity index (χ0n) is 30.0. The quantitative estimate of drug-likeness (QED) is 0.188. The van der Waals surface area contributed by atoms with Gasteiger partial charge in [0.1, 0.15) is 16.9 Å². The van der Waals surface area contributed by atoms with Crippen LogP contribution in [0.4, 0.5) is 16.3 Å². The lowest BCUT2D eigenvalue weighted by molar-refractivity contribution is -0.144. The molecule has 264 valence electrons. The molecule has 0 radical (unpaired) electrons. The highest BCUT2D eigenvalue weighted by Crippen LogP contribution is 2.57. The number of carbonyl (C=O) groups excluding carboxylic acids is 2. The van der Waals surface area contributed by atoms with Crippen LogP contribution in [0.5, 0.6) is 0 Å². The number of nitrogens with two attached hydrogens (primary N) is 2. The van der Waals surface area contributed by atoms with Gasteiger partial charge in [-0.3, -0.25) is 9.36 Å². The molecule has 4 heterocycles. The number of amides is 2. The first-order chi connectivity index (χ1) is 24.4. The van der Waals surface area contributed by atoms with E-state index >= 15 is 0 Å². The minimum atomic E-state index is -0.786. The molecule has 0 spiro atoms. The van der Waals surface area contributed by atoms with Gasteiger partial charge in [-0.2, -0.15) is 0 Å². The highest BCUT2D eigenvalue weighted by atomic mass is 16.6. The minimum Gasteiger partial charge on any atom is -0.438 e. The molecule has 3 aromatic heterocycles. The number of ether oxygens (including phenoxy) is 1. The largest absolute Gasteiger partial charge is 0.438 e. The lowest BCUT2D eigenvalue weighted by Gasteiger charge is -2.54. The monoisotopic (exact) mass is 686 g/mol. The molecule has 2 aliphatic rings. The summed E-state index contributed by atoms with van der Waals surface area (Å²) in [6.45, 7) is 9.88. The van der Waals surface area contributed by atoms with E-state index in [1.165, 1.54) is 0 Å². The molecule has 11 nitrogen and oxygen atoms in total. The number of pyridine rings is 2. The highest BCUT2D eigenvalue weighted by Gasteiger charge is 2.55. The molecule has 7 rings (SSSR count). The Morgan fingerprint density at radius 1 is 0.941 bits per heavy atom. The topological polar surface area (TPSA) is 145 Å². The van der Waals surface area contributed by atoms with Crippen molar-refractivity contribution in [1.82, 2.24) is 24.4 Å². The van der Waals surface area contributed by atoms with Crippen LogP contribution >= 0.6 is 0 Å². The standard InChI is InChI=1S/C40H46N8O3/c1-25(49)46(5)28-18-22-47(23-19-28)30-9-6-8-26(24-30)32-15-16-33-37(44-32)48(36(45-33)31-10-7-21-43-35(31)41)29-13-11-27(12-14-29)40(51-38(42)50)20-17-34(40)39(2,3)4/h6-16,21,24,28,34H,17-20,22-23H2,1-5H3,(H2,41,43)(H2,42,50). The third-order valence-corrected chi connectivity index (χ3v) is 10.9. The summed E-state index contributed by atoms with van der Waals surface area (Å²) in [6, 6.07) is 24.5. The lowest BCUT2D eigenvalue weighted by atomic mass is 9.56. The van der Waals surface area contributed by atoms with Gasteiger partial charge >= 0.3 is 6.09 Å². The van der Waals surface area contributed by atoms with Gasteiger partial charge in [0.15, 0.2) is 11.5 Å². The Morgan fingerprint density at radius 3 is 2.31 bits per heavy atom. The fourth-order valence-corrected chi connectivity index (χ4v) is 8.06. The zero-order chi connectivity index (χ0) is 36.1. The molecule has 1 aliphatic carbocycles. The fraction of sp³-hybridized carbons (Fsp3) is 0.375. The van der Waals surface area contributed by atoms with Crippen molar-refractivity contribution in [3.63, 3.8) is 0 Å². The van der Waals surface area contributed by atoms with Crippen molar-refractivity contribution >= 4 is 34.7 Å². The molecule has 4 N–H and O–H groups in total. The maximum Gasteiger partial charge on any atom is 0.405 e. The van der Waals surface area contributed by atoms with Crippen LogP contribution in [0, 0.1) is 11.3 Å². The van der Waals surface area contributed by atoms with E-state index in [1.54, 1.807) is 13.1 Å². The van der Waals surface area contributed by atoms with Crippen molar-refractivity contribution in [3.05, 3.63) is 84.6 Å². The Morgan fingerprint density at radius 2 is 1.69 bits per heavy atom. The average molecular weight is 687 g/mol. The molecule has 2 amide bonds. The molecule has 11 heteroatoms. The van der Waals surface area contributed by atoms with E-state index in [0.29, 0.717) is 34.8 Å². The van der Waals surface area contributed by atoms with Crippen LogP contribution in [-0.2, 0) is 15.1 Å². The number of aromatic nitrogens is 4. The number of fused-ring (bicyclic) bond motifs is 1. The predicted molar refractivity (Wildman–Crippen MR) is 200 cm³/mol. The summed E-state index contributed by atoms with van der Waals surface area (Å²) in [4.78, 5) is 42.9. The smallest absolute Gasteiger partial charge is 0.405 e. The first-order valence-electron chi connectivity index (χ1n) is 17.6. The Labute approximate surface area is 298 Å². The van der Waals surface area contributed by atoms with Crippen molar-refractivity contribution < 1.29 is 14.3 Å². The van der Waals surface area contributed by atoms with E-state index in [1.807, 2.05) is 65.0 Å². The summed E-state index contributed by atoms with van der Waals surface area (Å²) >= 11 is 0. The van der Waals surface area contributed by atoms with Gasteiger partial charge < -0.3 is 26.0 Å². The summed E-state index contributed by atoms with van der Waals surface area (Å²) in [6.07, 6.45) is 4.40. The molecular formula is C40H46N8O3. The molecule has 2 aromatic carbocycles. The van der Waals surface area contributed by atoms with E-state index in [-0.39, 0.29) is 23.3 Å². The summed E-state index contributed by atoms with van der Waals surface area (Å²) < 4.78 is 7.93. The molecule has 1 saturated heterocycles. The number of hydrogen-bond donors (Lipinski definition) is 2. The second-order valence-corrected chi connectivity index (χ2v) is 15.0. The molecule has 1 saturated carbocycles. The predicted octanol–water partition coefficient (Wildman–Crippen LogP) is 6.93. The fourth-order valence-electron chi connectivity index (χ4n) is 8.06. The summed E-state index contributed by atoms with van der Waals surface area (Å²) in [5.74, 6) is 1.22. The van der Waals surface area contributed by atoms with Crippen molar-refractivity contribution in [1.29, 1.82) is 0 Å². The number of piperidine rings is 1. The van der Waals surface area contributed by atoms with Gasteiger partial charge in [0.05, 0.1) is 11.3 Å². The number of nitrogens with zero attached hydrogens (tertiary/aromatic N) is 6. The van der Waals surface area contributed by atoms with Crippen LogP contribution in [0.15, 0.2) is 79.0 Å². The molecular weight excluding hydrogens is 640 g/mol. The maximum absolute atomic E-state index is 12.2. The second-order valence-electron chi connectivity index (χ2n) is 15.0. The maximum atomic E-state index is 12.2. The van der Waals surface area contributed by atoms with E-state index in [9.17, 15) is 9.59 Å². The van der Waals surface area contributed by atoms with Crippen molar-refractivity contribution in [2.24, 2.45) is 17.1 Å². The minimum absolute atomic E-state index is 0.0851. The number of rotatable bonds is 7. The van der Waals surface area contributed by atoms with E-state index in [0.717, 1.165) is 60.5 Å². The summed E-state index contributed by atoms with van der Waals surface area (Å²) in [5.41, 5.74) is 17.9. The Balaban J connectivity index is 1.28. The van der Waals surface area contributed by atoms with Crippen LogP contribution in [0.25, 0.3) is 39.5 Å². The van der Waals surface area contributed by atoms with Crippen LogP contribution in [0.2, 0.25) is 0 Å². The Hall–Kier alpha value is -5.45. The third-order valence-electron chi connectivity index (χ3n) is 10.9. The first kappa shape index (κ1) is 34.0. The van der Waals surface area contributed by atoms with Crippen LogP contribution in [0.1, 0.15) is 58.9 Å². The van der Waals surface area contributed by atoms with Gasteiger partial charge in [-0.05, 0) is 85.2 Å². The normalized spacial score (nSPS) is 19.5. The number of imidazole rings is 1. The van der Waals surface area contributed by atoms with Crippen LogP contribution < -0.4 is 16.4 Å². The van der Waals surface area contributed by atoms with E-state index in [2.05, 4.69) is 54.9 Å². The van der Waals surface area contributed by atoms with Gasteiger partial charge in [-0.15, -0.1) is 0 Å².